The molecule has 0 radical (unpaired) electrons. The van der Waals surface area contributed by atoms with Gasteiger partial charge in [-0.1, -0.05) is 0 Å². The van der Waals surface area contributed by atoms with Crippen molar-refractivity contribution in [1.82, 2.24) is 25.1 Å². The predicted octanol–water partition coefficient (Wildman–Crippen LogP) is 2.87. The minimum absolute atomic E-state index is 0.0610. The predicted molar refractivity (Wildman–Crippen MR) is 107 cm³/mol. The molecule has 0 aliphatic carbocycles. The van der Waals surface area contributed by atoms with Crippen LogP contribution in [0.5, 0.6) is 11.5 Å². The van der Waals surface area contributed by atoms with Crippen molar-refractivity contribution < 1.29 is 18.7 Å². The topological polar surface area (TPSA) is 103 Å². The van der Waals surface area contributed by atoms with Crippen LogP contribution in [0.2, 0.25) is 0 Å². The summed E-state index contributed by atoms with van der Waals surface area (Å²) in [6.07, 6.45) is 4.77. The number of carbonyl (C=O) groups is 1. The minimum Gasteiger partial charge on any atom is -0.497 e. The highest BCUT2D eigenvalue weighted by Crippen LogP contribution is 2.31. The normalized spacial score (nSPS) is 14.6. The zero-order chi connectivity index (χ0) is 21.1. The third-order valence-electron chi connectivity index (χ3n) is 5.21. The van der Waals surface area contributed by atoms with Crippen molar-refractivity contribution >= 4 is 5.91 Å². The van der Waals surface area contributed by atoms with Crippen molar-refractivity contribution in [1.29, 1.82) is 0 Å². The molecule has 1 fully saturated rings. The van der Waals surface area contributed by atoms with Gasteiger partial charge in [-0.2, -0.15) is 0 Å². The standard InChI is InChI=1S/C21H23N5O4/c1-13-11-23-17(12-22-13)20-25-24-19(30-20)14-6-8-26(9-7-14)21(27)16-5-4-15(28-2)10-18(16)29-3/h4-5,10-12,14H,6-9H2,1-3H3. The molecule has 0 N–H and O–H groups in total. The molecule has 156 valence electrons. The molecule has 1 aliphatic rings. The van der Waals surface area contributed by atoms with Gasteiger partial charge in [-0.05, 0) is 31.9 Å². The Morgan fingerprint density at radius 3 is 2.57 bits per heavy atom. The summed E-state index contributed by atoms with van der Waals surface area (Å²) in [5.41, 5.74) is 1.90. The number of piperidine rings is 1. The third-order valence-corrected chi connectivity index (χ3v) is 5.21. The number of nitrogens with zero attached hydrogens (tertiary/aromatic N) is 5. The van der Waals surface area contributed by atoms with Crippen LogP contribution in [0.15, 0.2) is 35.0 Å². The Morgan fingerprint density at radius 2 is 1.90 bits per heavy atom. The molecule has 1 saturated heterocycles. The molecule has 3 heterocycles. The fraction of sp³-hybridized carbons (Fsp3) is 0.381. The number of methoxy groups -OCH3 is 2. The first-order chi connectivity index (χ1) is 14.6. The Balaban J connectivity index is 1.42. The van der Waals surface area contributed by atoms with E-state index in [2.05, 4.69) is 20.2 Å². The average molecular weight is 409 g/mol. The van der Waals surface area contributed by atoms with Crippen LogP contribution in [-0.2, 0) is 0 Å². The van der Waals surface area contributed by atoms with Crippen molar-refractivity contribution in [2.24, 2.45) is 0 Å². The van der Waals surface area contributed by atoms with Gasteiger partial charge >= 0.3 is 0 Å². The Bertz CT molecular complexity index is 1030. The molecule has 9 nitrogen and oxygen atoms in total. The van der Waals surface area contributed by atoms with E-state index < -0.39 is 0 Å². The largest absolute Gasteiger partial charge is 0.497 e. The van der Waals surface area contributed by atoms with E-state index in [0.717, 1.165) is 18.5 Å². The summed E-state index contributed by atoms with van der Waals surface area (Å²) in [6, 6.07) is 5.21. The van der Waals surface area contributed by atoms with Crippen molar-refractivity contribution in [3.63, 3.8) is 0 Å². The number of ether oxygens (including phenoxy) is 2. The van der Waals surface area contributed by atoms with Crippen molar-refractivity contribution in [3.05, 3.63) is 47.7 Å². The molecule has 30 heavy (non-hydrogen) atoms. The maximum Gasteiger partial charge on any atom is 0.267 e. The molecule has 0 saturated carbocycles. The van der Waals surface area contributed by atoms with Gasteiger partial charge in [0.1, 0.15) is 17.2 Å². The lowest BCUT2D eigenvalue weighted by Crippen LogP contribution is -2.38. The fourth-order valence-electron chi connectivity index (χ4n) is 3.48. The fourth-order valence-corrected chi connectivity index (χ4v) is 3.48. The van der Waals surface area contributed by atoms with E-state index in [4.69, 9.17) is 13.9 Å². The highest BCUT2D eigenvalue weighted by Gasteiger charge is 2.29. The van der Waals surface area contributed by atoms with E-state index in [-0.39, 0.29) is 11.8 Å². The summed E-state index contributed by atoms with van der Waals surface area (Å²) in [6.45, 7) is 3.06. The molecule has 9 heteroatoms. The minimum atomic E-state index is -0.0610. The molecule has 3 aromatic rings. The van der Waals surface area contributed by atoms with Crippen LogP contribution in [-0.4, -0.2) is 58.3 Å². The van der Waals surface area contributed by atoms with Gasteiger partial charge in [-0.15, -0.1) is 10.2 Å². The molecule has 1 amide bonds. The van der Waals surface area contributed by atoms with Gasteiger partial charge in [-0.3, -0.25) is 9.78 Å². The van der Waals surface area contributed by atoms with Crippen LogP contribution in [0.25, 0.3) is 11.6 Å². The van der Waals surface area contributed by atoms with Crippen molar-refractivity contribution in [2.45, 2.75) is 25.7 Å². The van der Waals surface area contributed by atoms with Gasteiger partial charge in [0.2, 0.25) is 5.89 Å². The smallest absolute Gasteiger partial charge is 0.267 e. The summed E-state index contributed by atoms with van der Waals surface area (Å²) in [7, 11) is 3.12. The molecule has 4 rings (SSSR count). The van der Waals surface area contributed by atoms with E-state index in [0.29, 0.717) is 47.6 Å². The number of amides is 1. The second-order valence-corrected chi connectivity index (χ2v) is 7.12. The Labute approximate surface area is 174 Å². The first kappa shape index (κ1) is 19.8. The van der Waals surface area contributed by atoms with E-state index in [9.17, 15) is 4.79 Å². The Morgan fingerprint density at radius 1 is 1.10 bits per heavy atom. The number of rotatable bonds is 5. The number of aromatic nitrogens is 4. The van der Waals surface area contributed by atoms with Crippen LogP contribution in [0, 0.1) is 6.92 Å². The van der Waals surface area contributed by atoms with Crippen LogP contribution in [0.3, 0.4) is 0 Å². The Kier molecular flexibility index (Phi) is 5.60. The summed E-state index contributed by atoms with van der Waals surface area (Å²) in [5.74, 6) is 2.12. The van der Waals surface area contributed by atoms with Gasteiger partial charge in [0.15, 0.2) is 0 Å². The third kappa shape index (κ3) is 3.96. The first-order valence-electron chi connectivity index (χ1n) is 9.72. The maximum absolute atomic E-state index is 13.0. The summed E-state index contributed by atoms with van der Waals surface area (Å²) in [4.78, 5) is 23.3. The molecule has 0 unspecified atom stereocenters. The van der Waals surface area contributed by atoms with E-state index >= 15 is 0 Å². The van der Waals surface area contributed by atoms with Gasteiger partial charge in [0.25, 0.3) is 11.8 Å². The van der Waals surface area contributed by atoms with Crippen LogP contribution in [0.4, 0.5) is 0 Å². The van der Waals surface area contributed by atoms with Gasteiger partial charge in [0, 0.05) is 31.3 Å². The summed E-state index contributed by atoms with van der Waals surface area (Å²) < 4.78 is 16.4. The Hall–Kier alpha value is -3.49. The van der Waals surface area contributed by atoms with E-state index in [1.807, 2.05) is 11.8 Å². The molecule has 2 aromatic heterocycles. The quantitative estimate of drug-likeness (QED) is 0.634. The molecule has 0 spiro atoms. The summed E-state index contributed by atoms with van der Waals surface area (Å²) >= 11 is 0. The SMILES string of the molecule is COc1ccc(C(=O)N2CCC(c3nnc(-c4cnc(C)cn4)o3)CC2)c(OC)c1. The van der Waals surface area contributed by atoms with E-state index in [1.165, 1.54) is 0 Å². The van der Waals surface area contributed by atoms with E-state index in [1.54, 1.807) is 44.8 Å². The molecule has 1 aromatic carbocycles. The highest BCUT2D eigenvalue weighted by molar-refractivity contribution is 5.97. The van der Waals surface area contributed by atoms with Gasteiger partial charge in [0.05, 0.1) is 31.7 Å². The average Bonchev–Trinajstić information content (AvgIpc) is 3.29. The molecular formula is C21H23N5O4. The number of carbonyl (C=O) groups excluding carboxylic acids is 1. The lowest BCUT2D eigenvalue weighted by molar-refractivity contribution is 0.0703. The molecule has 0 bridgehead atoms. The molecule has 0 atom stereocenters. The molecular weight excluding hydrogens is 386 g/mol. The van der Waals surface area contributed by atoms with Crippen molar-refractivity contribution in [3.8, 4) is 23.1 Å². The zero-order valence-corrected chi connectivity index (χ0v) is 17.2. The second-order valence-electron chi connectivity index (χ2n) is 7.12. The van der Waals surface area contributed by atoms with Crippen LogP contribution < -0.4 is 9.47 Å². The van der Waals surface area contributed by atoms with Gasteiger partial charge < -0.3 is 18.8 Å². The second kappa shape index (κ2) is 8.48. The monoisotopic (exact) mass is 409 g/mol. The number of likely N-dealkylation sites (tertiary alicyclic amines) is 1. The maximum atomic E-state index is 13.0. The first-order valence-corrected chi connectivity index (χ1v) is 9.72. The lowest BCUT2D eigenvalue weighted by Gasteiger charge is -2.30. The van der Waals surface area contributed by atoms with Crippen molar-refractivity contribution in [2.75, 3.05) is 27.3 Å². The summed E-state index contributed by atoms with van der Waals surface area (Å²) in [5, 5.41) is 8.30. The zero-order valence-electron chi connectivity index (χ0n) is 17.2. The molecule has 1 aliphatic heterocycles. The number of aryl methyl sites for hydroxylation is 1. The number of benzene rings is 1. The number of hydrogen-bond acceptors (Lipinski definition) is 8. The van der Waals surface area contributed by atoms with Gasteiger partial charge in [-0.25, -0.2) is 4.98 Å². The van der Waals surface area contributed by atoms with Crippen LogP contribution >= 0.6 is 0 Å². The number of hydrogen-bond donors (Lipinski definition) is 0. The highest BCUT2D eigenvalue weighted by atomic mass is 16.5. The van der Waals surface area contributed by atoms with Crippen LogP contribution in [0.1, 0.15) is 40.7 Å². The lowest BCUT2D eigenvalue weighted by atomic mass is 9.96.